The lowest BCUT2D eigenvalue weighted by atomic mass is 9.96. The van der Waals surface area contributed by atoms with Crippen molar-refractivity contribution in [1.29, 1.82) is 0 Å². The van der Waals surface area contributed by atoms with Crippen LogP contribution in [-0.2, 0) is 4.79 Å². The summed E-state index contributed by atoms with van der Waals surface area (Å²) < 4.78 is 1.23. The van der Waals surface area contributed by atoms with E-state index in [4.69, 9.17) is 4.98 Å². The first-order valence-corrected chi connectivity index (χ1v) is 8.83. The van der Waals surface area contributed by atoms with Crippen molar-refractivity contribution in [1.82, 2.24) is 10.3 Å². The fourth-order valence-electron chi connectivity index (χ4n) is 2.78. The number of anilines is 1. The standard InChI is InChI=1S/C17H23N3OS/c1-12(2)11-18-16(21)13-7-9-20(10-8-13)17-19-14-5-3-4-6-15(14)22-17/h3-6,12-13H,7-11H2,1-2H3,(H,18,21). The van der Waals surface area contributed by atoms with E-state index in [2.05, 4.69) is 42.3 Å². The SMILES string of the molecule is CC(C)CNC(=O)C1CCN(c2nc3ccccc3s2)CC1. The number of carbonyl (C=O) groups is 1. The molecule has 1 amide bonds. The van der Waals surface area contributed by atoms with Gasteiger partial charge in [0.05, 0.1) is 10.2 Å². The highest BCUT2D eigenvalue weighted by molar-refractivity contribution is 7.22. The molecule has 1 aliphatic rings. The molecule has 1 aromatic heterocycles. The fourth-order valence-corrected chi connectivity index (χ4v) is 3.79. The summed E-state index contributed by atoms with van der Waals surface area (Å²) in [5.41, 5.74) is 1.07. The number of fused-ring (bicyclic) bond motifs is 1. The maximum atomic E-state index is 12.1. The highest BCUT2D eigenvalue weighted by atomic mass is 32.1. The number of nitrogens with one attached hydrogen (secondary N) is 1. The van der Waals surface area contributed by atoms with Crippen LogP contribution in [0.1, 0.15) is 26.7 Å². The van der Waals surface area contributed by atoms with E-state index < -0.39 is 0 Å². The minimum Gasteiger partial charge on any atom is -0.356 e. The quantitative estimate of drug-likeness (QED) is 0.941. The van der Waals surface area contributed by atoms with Crippen LogP contribution in [0.25, 0.3) is 10.2 Å². The molecule has 1 N–H and O–H groups in total. The lowest BCUT2D eigenvalue weighted by Crippen LogP contribution is -2.41. The van der Waals surface area contributed by atoms with Crippen LogP contribution in [0, 0.1) is 11.8 Å². The number of nitrogens with zero attached hydrogens (tertiary/aromatic N) is 2. The molecule has 2 aromatic rings. The number of hydrogen-bond donors (Lipinski definition) is 1. The Hall–Kier alpha value is -1.62. The van der Waals surface area contributed by atoms with Crippen molar-refractivity contribution in [3.63, 3.8) is 0 Å². The normalized spacial score (nSPS) is 16.4. The number of aromatic nitrogens is 1. The van der Waals surface area contributed by atoms with Gasteiger partial charge in [0, 0.05) is 25.6 Å². The zero-order valence-electron chi connectivity index (χ0n) is 13.2. The molecule has 1 saturated heterocycles. The zero-order valence-corrected chi connectivity index (χ0v) is 14.0. The summed E-state index contributed by atoms with van der Waals surface area (Å²) in [5.74, 6) is 0.883. The van der Waals surface area contributed by atoms with Gasteiger partial charge >= 0.3 is 0 Å². The lowest BCUT2D eigenvalue weighted by Gasteiger charge is -2.31. The van der Waals surface area contributed by atoms with Crippen LogP contribution in [0.15, 0.2) is 24.3 Å². The maximum absolute atomic E-state index is 12.1. The van der Waals surface area contributed by atoms with Gasteiger partial charge in [0.1, 0.15) is 0 Å². The molecule has 2 heterocycles. The Morgan fingerprint density at radius 3 is 2.77 bits per heavy atom. The molecular formula is C17H23N3OS. The molecule has 118 valence electrons. The van der Waals surface area contributed by atoms with Crippen molar-refractivity contribution in [2.24, 2.45) is 11.8 Å². The molecule has 0 unspecified atom stereocenters. The average molecular weight is 317 g/mol. The van der Waals surface area contributed by atoms with E-state index >= 15 is 0 Å². The minimum atomic E-state index is 0.157. The van der Waals surface area contributed by atoms with Gasteiger partial charge in [-0.25, -0.2) is 4.98 Å². The van der Waals surface area contributed by atoms with Crippen LogP contribution in [0.5, 0.6) is 0 Å². The third-order valence-corrected chi connectivity index (χ3v) is 5.20. The van der Waals surface area contributed by atoms with E-state index in [0.717, 1.165) is 43.1 Å². The Labute approximate surface area is 135 Å². The number of carbonyl (C=O) groups excluding carboxylic acids is 1. The van der Waals surface area contributed by atoms with Gasteiger partial charge in [0.15, 0.2) is 5.13 Å². The van der Waals surface area contributed by atoms with Gasteiger partial charge < -0.3 is 10.2 Å². The van der Waals surface area contributed by atoms with Crippen molar-refractivity contribution >= 4 is 32.6 Å². The summed E-state index contributed by atoms with van der Waals surface area (Å²) in [6.07, 6.45) is 1.83. The van der Waals surface area contributed by atoms with Crippen molar-refractivity contribution in [3.8, 4) is 0 Å². The van der Waals surface area contributed by atoms with Crippen LogP contribution in [0.2, 0.25) is 0 Å². The second-order valence-electron chi connectivity index (χ2n) is 6.36. The number of piperidine rings is 1. The monoisotopic (exact) mass is 317 g/mol. The summed E-state index contributed by atoms with van der Waals surface area (Å²) in [6.45, 7) is 6.85. The smallest absolute Gasteiger partial charge is 0.223 e. The molecule has 1 aliphatic heterocycles. The molecule has 4 nitrogen and oxygen atoms in total. The van der Waals surface area contributed by atoms with E-state index in [0.29, 0.717) is 5.92 Å². The molecule has 5 heteroatoms. The highest BCUT2D eigenvalue weighted by Gasteiger charge is 2.26. The number of amides is 1. The Morgan fingerprint density at radius 1 is 1.36 bits per heavy atom. The molecule has 0 radical (unpaired) electrons. The Morgan fingerprint density at radius 2 is 2.09 bits per heavy atom. The van der Waals surface area contributed by atoms with Crippen LogP contribution in [-0.4, -0.2) is 30.5 Å². The zero-order chi connectivity index (χ0) is 15.5. The van der Waals surface area contributed by atoms with E-state index in [-0.39, 0.29) is 11.8 Å². The van der Waals surface area contributed by atoms with Gasteiger partial charge in [0.2, 0.25) is 5.91 Å². The Kier molecular flexibility index (Phi) is 4.62. The van der Waals surface area contributed by atoms with Crippen LogP contribution in [0.4, 0.5) is 5.13 Å². The summed E-state index contributed by atoms with van der Waals surface area (Å²) >= 11 is 1.74. The topological polar surface area (TPSA) is 45.2 Å². The molecule has 3 rings (SSSR count). The Bertz CT molecular complexity index is 611. The third kappa shape index (κ3) is 3.40. The number of benzene rings is 1. The fraction of sp³-hybridized carbons (Fsp3) is 0.529. The molecule has 22 heavy (non-hydrogen) atoms. The molecule has 1 fully saturated rings. The second kappa shape index (κ2) is 6.65. The second-order valence-corrected chi connectivity index (χ2v) is 7.37. The molecule has 0 aliphatic carbocycles. The molecular weight excluding hydrogens is 294 g/mol. The summed E-state index contributed by atoms with van der Waals surface area (Å²) in [4.78, 5) is 19.2. The summed E-state index contributed by atoms with van der Waals surface area (Å²) in [5, 5.41) is 4.14. The van der Waals surface area contributed by atoms with Crippen LogP contribution < -0.4 is 10.2 Å². The summed E-state index contributed by atoms with van der Waals surface area (Å²) in [7, 11) is 0. The van der Waals surface area contributed by atoms with Gasteiger partial charge in [0.25, 0.3) is 0 Å². The molecule has 1 aromatic carbocycles. The van der Waals surface area contributed by atoms with Crippen molar-refractivity contribution in [3.05, 3.63) is 24.3 Å². The first-order chi connectivity index (χ1) is 10.6. The van der Waals surface area contributed by atoms with Crippen molar-refractivity contribution in [2.75, 3.05) is 24.5 Å². The van der Waals surface area contributed by atoms with Gasteiger partial charge in [-0.05, 0) is 30.9 Å². The molecule has 0 bridgehead atoms. The lowest BCUT2D eigenvalue weighted by molar-refractivity contribution is -0.125. The van der Waals surface area contributed by atoms with E-state index in [1.807, 2.05) is 6.07 Å². The van der Waals surface area contributed by atoms with E-state index in [1.165, 1.54) is 4.70 Å². The predicted octanol–water partition coefficient (Wildman–Crippen LogP) is 3.28. The van der Waals surface area contributed by atoms with Crippen molar-refractivity contribution < 1.29 is 4.79 Å². The first kappa shape index (κ1) is 15.3. The highest BCUT2D eigenvalue weighted by Crippen LogP contribution is 2.31. The number of rotatable bonds is 4. The van der Waals surface area contributed by atoms with E-state index in [9.17, 15) is 4.79 Å². The van der Waals surface area contributed by atoms with Gasteiger partial charge in [-0.15, -0.1) is 0 Å². The van der Waals surface area contributed by atoms with Gasteiger partial charge in [-0.1, -0.05) is 37.3 Å². The van der Waals surface area contributed by atoms with Crippen LogP contribution in [0.3, 0.4) is 0 Å². The average Bonchev–Trinajstić information content (AvgIpc) is 2.96. The van der Waals surface area contributed by atoms with Gasteiger partial charge in [-0.2, -0.15) is 0 Å². The largest absolute Gasteiger partial charge is 0.356 e. The minimum absolute atomic E-state index is 0.157. The number of hydrogen-bond acceptors (Lipinski definition) is 4. The van der Waals surface area contributed by atoms with Crippen molar-refractivity contribution in [2.45, 2.75) is 26.7 Å². The maximum Gasteiger partial charge on any atom is 0.223 e. The first-order valence-electron chi connectivity index (χ1n) is 8.01. The van der Waals surface area contributed by atoms with E-state index in [1.54, 1.807) is 11.3 Å². The third-order valence-electron chi connectivity index (χ3n) is 4.10. The van der Waals surface area contributed by atoms with Gasteiger partial charge in [-0.3, -0.25) is 4.79 Å². The van der Waals surface area contributed by atoms with Crippen LogP contribution >= 0.6 is 11.3 Å². The Balaban J connectivity index is 1.58. The molecule has 0 saturated carbocycles. The summed E-state index contributed by atoms with van der Waals surface area (Å²) in [6, 6.07) is 8.25. The number of para-hydroxylation sites is 1. The number of thiazole rings is 1. The molecule has 0 atom stereocenters. The molecule has 0 spiro atoms. The predicted molar refractivity (Wildman–Crippen MR) is 92.4 cm³/mol.